The molecule has 0 rings (SSSR count). The van der Waals surface area contributed by atoms with Crippen molar-refractivity contribution in [1.29, 1.82) is 0 Å². The second-order valence-corrected chi connectivity index (χ2v) is 10.5. The van der Waals surface area contributed by atoms with Crippen LogP contribution in [0.2, 0.25) is 0 Å². The summed E-state index contributed by atoms with van der Waals surface area (Å²) in [4.78, 5) is 50.7. The van der Waals surface area contributed by atoms with Crippen molar-refractivity contribution < 1.29 is 24.3 Å². The number of unbranched alkanes of at least 4 members (excludes halogenated alkanes) is 3. The molecular weight excluding hydrogens is 484 g/mol. The third-order valence-corrected chi connectivity index (χ3v) is 6.54. The number of nitrogens with zero attached hydrogens (tertiary/aromatic N) is 2. The summed E-state index contributed by atoms with van der Waals surface area (Å²) < 4.78 is 0. The van der Waals surface area contributed by atoms with Crippen molar-refractivity contribution in [2.24, 2.45) is 0 Å². The third kappa shape index (κ3) is 23.4. The molecule has 38 heavy (non-hydrogen) atoms. The number of carbonyl (C=O) groups excluding carboxylic acids is 4. The van der Waals surface area contributed by atoms with Gasteiger partial charge in [-0.1, -0.05) is 13.3 Å². The highest BCUT2D eigenvalue weighted by atomic mass is 16.3. The first-order chi connectivity index (χ1) is 18.2. The molecule has 0 saturated carbocycles. The van der Waals surface area contributed by atoms with E-state index in [0.717, 1.165) is 64.7 Å². The lowest BCUT2D eigenvalue weighted by molar-refractivity contribution is -0.122. The molecule has 0 radical (unpaired) electrons. The van der Waals surface area contributed by atoms with E-state index < -0.39 is 6.10 Å². The molecule has 9 heteroatoms. The lowest BCUT2D eigenvalue weighted by Gasteiger charge is -2.29. The molecule has 0 aliphatic heterocycles. The van der Waals surface area contributed by atoms with Crippen molar-refractivity contribution in [3.05, 3.63) is 0 Å². The van der Waals surface area contributed by atoms with Gasteiger partial charge in [0.25, 0.3) is 0 Å². The largest absolute Gasteiger partial charge is 0.390 e. The van der Waals surface area contributed by atoms with Crippen LogP contribution in [0.3, 0.4) is 0 Å². The van der Waals surface area contributed by atoms with Crippen LogP contribution in [-0.2, 0) is 19.2 Å². The van der Waals surface area contributed by atoms with Gasteiger partial charge in [-0.05, 0) is 72.5 Å². The first kappa shape index (κ1) is 36.3. The molecule has 3 N–H and O–H groups in total. The zero-order valence-electron chi connectivity index (χ0n) is 24.7. The summed E-state index contributed by atoms with van der Waals surface area (Å²) in [6, 6.07) is 0. The average molecular weight is 541 g/mol. The molecular formula is C29H56N4O5. The zero-order chi connectivity index (χ0) is 28.6. The van der Waals surface area contributed by atoms with E-state index >= 15 is 0 Å². The lowest BCUT2D eigenvalue weighted by Crippen LogP contribution is -2.45. The fourth-order valence-electron chi connectivity index (χ4n) is 4.32. The van der Waals surface area contributed by atoms with Gasteiger partial charge in [0.2, 0.25) is 5.91 Å². The summed E-state index contributed by atoms with van der Waals surface area (Å²) in [5.74, 6) is 0.586. The molecule has 222 valence electrons. The molecule has 9 nitrogen and oxygen atoms in total. The zero-order valence-corrected chi connectivity index (χ0v) is 24.7. The summed E-state index contributed by atoms with van der Waals surface area (Å²) in [5.41, 5.74) is 0. The number of hydrogen-bond acceptors (Lipinski definition) is 8. The molecule has 0 aromatic rings. The van der Waals surface area contributed by atoms with Crippen molar-refractivity contribution >= 4 is 23.3 Å². The second kappa shape index (κ2) is 24.4. The highest BCUT2D eigenvalue weighted by molar-refractivity contribution is 5.78. The summed E-state index contributed by atoms with van der Waals surface area (Å²) in [5, 5.41) is 17.0. The minimum Gasteiger partial charge on any atom is -0.390 e. The number of carbonyl (C=O) groups is 4. The molecule has 0 spiro atoms. The van der Waals surface area contributed by atoms with Crippen LogP contribution in [0.25, 0.3) is 0 Å². The average Bonchev–Trinajstić information content (AvgIpc) is 2.85. The molecule has 0 aliphatic carbocycles. The van der Waals surface area contributed by atoms with Crippen molar-refractivity contribution in [2.75, 3.05) is 59.4 Å². The Bertz CT molecular complexity index is 605. The molecule has 0 heterocycles. The van der Waals surface area contributed by atoms with Gasteiger partial charge in [-0.2, -0.15) is 0 Å². The van der Waals surface area contributed by atoms with Gasteiger partial charge in [0.15, 0.2) is 0 Å². The number of nitrogens with one attached hydrogen (secondary N) is 2. The topological polar surface area (TPSA) is 119 Å². The minimum absolute atomic E-state index is 0.00167. The van der Waals surface area contributed by atoms with Crippen LogP contribution in [0.15, 0.2) is 0 Å². The summed E-state index contributed by atoms with van der Waals surface area (Å²) in [6.45, 7) is 10.8. The van der Waals surface area contributed by atoms with Crippen LogP contribution < -0.4 is 10.6 Å². The van der Waals surface area contributed by atoms with Crippen molar-refractivity contribution in [3.63, 3.8) is 0 Å². The van der Waals surface area contributed by atoms with Crippen LogP contribution in [-0.4, -0.2) is 104 Å². The number of ketones is 3. The van der Waals surface area contributed by atoms with Crippen LogP contribution >= 0.6 is 0 Å². The SMILES string of the molecule is CCCCN(CCCC(=O)CCCCC(C)=O)CC(O)CN(CCNC)CCNC(=O)CCCCC(C)=O. The maximum absolute atomic E-state index is 12.2. The van der Waals surface area contributed by atoms with E-state index in [1.54, 1.807) is 13.8 Å². The van der Waals surface area contributed by atoms with Crippen LogP contribution in [0.4, 0.5) is 0 Å². The number of likely N-dealkylation sites (N-methyl/N-ethyl adjacent to an activating group) is 1. The Morgan fingerprint density at radius 3 is 1.76 bits per heavy atom. The van der Waals surface area contributed by atoms with E-state index in [-0.39, 0.29) is 23.3 Å². The Labute approximate surface area is 231 Å². The van der Waals surface area contributed by atoms with Gasteiger partial charge in [0.05, 0.1) is 6.10 Å². The van der Waals surface area contributed by atoms with Crippen LogP contribution in [0, 0.1) is 0 Å². The molecule has 1 atom stereocenters. The molecule has 1 unspecified atom stereocenters. The fraction of sp³-hybridized carbons (Fsp3) is 0.862. The van der Waals surface area contributed by atoms with Gasteiger partial charge in [-0.15, -0.1) is 0 Å². The Hall–Kier alpha value is -1.68. The lowest BCUT2D eigenvalue weighted by atomic mass is 10.1. The number of amides is 1. The van der Waals surface area contributed by atoms with E-state index in [1.165, 1.54) is 0 Å². The van der Waals surface area contributed by atoms with Crippen molar-refractivity contribution in [1.82, 2.24) is 20.4 Å². The predicted molar refractivity (Wildman–Crippen MR) is 153 cm³/mol. The van der Waals surface area contributed by atoms with Gasteiger partial charge < -0.3 is 30.2 Å². The molecule has 0 fully saturated rings. The maximum Gasteiger partial charge on any atom is 0.220 e. The van der Waals surface area contributed by atoms with Crippen LogP contribution in [0.5, 0.6) is 0 Å². The first-order valence-corrected chi connectivity index (χ1v) is 14.7. The number of Topliss-reactive ketones (excluding diaryl/α,β-unsaturated/α-hetero) is 3. The number of rotatable bonds is 27. The second-order valence-electron chi connectivity index (χ2n) is 10.5. The Balaban J connectivity index is 4.49. The quantitative estimate of drug-likeness (QED) is 0.136. The minimum atomic E-state index is -0.520. The summed E-state index contributed by atoms with van der Waals surface area (Å²) in [7, 11) is 1.90. The first-order valence-electron chi connectivity index (χ1n) is 14.7. The van der Waals surface area contributed by atoms with Crippen molar-refractivity contribution in [2.45, 2.75) is 104 Å². The molecule has 0 aromatic carbocycles. The Morgan fingerprint density at radius 2 is 1.18 bits per heavy atom. The van der Waals surface area contributed by atoms with Gasteiger partial charge in [-0.25, -0.2) is 0 Å². The summed E-state index contributed by atoms with van der Waals surface area (Å²) >= 11 is 0. The van der Waals surface area contributed by atoms with E-state index in [1.807, 2.05) is 7.05 Å². The van der Waals surface area contributed by atoms with Gasteiger partial charge in [0, 0.05) is 71.4 Å². The standard InChI is InChI=1S/C29H56N4O5/c1-5-6-19-32(20-11-15-27(36)14-9-7-12-25(2)34)23-28(37)24-33(21-17-30-4)22-18-31-29(38)16-10-8-13-26(3)35/h28,30,37H,5-24H2,1-4H3,(H,31,38). The van der Waals surface area contributed by atoms with Crippen LogP contribution in [0.1, 0.15) is 97.8 Å². The molecule has 0 aliphatic rings. The Morgan fingerprint density at radius 1 is 0.684 bits per heavy atom. The number of aliphatic hydroxyl groups is 1. The van der Waals surface area contributed by atoms with Gasteiger partial charge in [-0.3, -0.25) is 14.5 Å². The van der Waals surface area contributed by atoms with Crippen molar-refractivity contribution in [3.8, 4) is 0 Å². The van der Waals surface area contributed by atoms with E-state index in [2.05, 4.69) is 27.4 Å². The molecule has 0 bridgehead atoms. The van der Waals surface area contributed by atoms with E-state index in [0.29, 0.717) is 64.7 Å². The fourth-order valence-corrected chi connectivity index (χ4v) is 4.32. The van der Waals surface area contributed by atoms with Gasteiger partial charge in [0.1, 0.15) is 17.3 Å². The highest BCUT2D eigenvalue weighted by Gasteiger charge is 2.16. The normalized spacial score (nSPS) is 12.2. The van der Waals surface area contributed by atoms with E-state index in [9.17, 15) is 24.3 Å². The third-order valence-electron chi connectivity index (χ3n) is 6.54. The Kier molecular flexibility index (Phi) is 23.3. The maximum atomic E-state index is 12.2. The molecule has 0 aromatic heterocycles. The smallest absolute Gasteiger partial charge is 0.220 e. The number of hydrogen-bond donors (Lipinski definition) is 3. The molecule has 0 saturated heterocycles. The monoisotopic (exact) mass is 540 g/mol. The predicted octanol–water partition coefficient (Wildman–Crippen LogP) is 2.74. The molecule has 1 amide bonds. The summed E-state index contributed by atoms with van der Waals surface area (Å²) in [6.07, 6.45) is 7.99. The highest BCUT2D eigenvalue weighted by Crippen LogP contribution is 2.07. The van der Waals surface area contributed by atoms with Gasteiger partial charge >= 0.3 is 0 Å². The van der Waals surface area contributed by atoms with E-state index in [4.69, 9.17) is 0 Å². The number of aliphatic hydroxyl groups excluding tert-OH is 1.